The van der Waals surface area contributed by atoms with Gasteiger partial charge >= 0.3 is 18.9 Å². The molecule has 0 aromatic carbocycles. The third-order valence-electron chi connectivity index (χ3n) is 0.619. The van der Waals surface area contributed by atoms with Gasteiger partial charge < -0.3 is 5.32 Å². The van der Waals surface area contributed by atoms with Crippen molar-refractivity contribution in [1.82, 2.24) is 0 Å². The van der Waals surface area contributed by atoms with Crippen molar-refractivity contribution in [3.63, 3.8) is 0 Å². The van der Waals surface area contributed by atoms with Crippen molar-refractivity contribution >= 4 is 15.9 Å². The SMILES string of the molecule is BrCC1C[N-]1.[Li+]. The Kier molecular flexibility index (Phi) is 3.63. The normalized spacial score (nSPS) is 28.5. The Morgan fingerprint density at radius 2 is 2.33 bits per heavy atom. The summed E-state index contributed by atoms with van der Waals surface area (Å²) >= 11 is 3.28. The molecular weight excluding hydrogens is 137 g/mol. The molecule has 1 atom stereocenters. The fraction of sp³-hybridized carbons (Fsp3) is 1.00. The van der Waals surface area contributed by atoms with E-state index in [-0.39, 0.29) is 18.9 Å². The topological polar surface area (TPSA) is 14.1 Å². The second kappa shape index (κ2) is 3.09. The van der Waals surface area contributed by atoms with Crippen LogP contribution in [0.4, 0.5) is 0 Å². The van der Waals surface area contributed by atoms with Crippen LogP contribution >= 0.6 is 15.9 Å². The zero-order chi connectivity index (χ0) is 3.70. The van der Waals surface area contributed by atoms with Gasteiger partial charge in [0.15, 0.2) is 0 Å². The van der Waals surface area contributed by atoms with Gasteiger partial charge in [-0.25, -0.2) is 0 Å². The Labute approximate surface area is 58.2 Å². The van der Waals surface area contributed by atoms with E-state index in [1.165, 1.54) is 0 Å². The molecule has 1 nitrogen and oxygen atoms in total. The number of alkyl halides is 1. The van der Waals surface area contributed by atoms with Crippen LogP contribution in [0, 0.1) is 0 Å². The summed E-state index contributed by atoms with van der Waals surface area (Å²) in [6, 6.07) is 0.676. The van der Waals surface area contributed by atoms with Gasteiger partial charge in [-0.05, 0) is 5.33 Å². The van der Waals surface area contributed by atoms with Crippen LogP contribution in [0.15, 0.2) is 0 Å². The predicted octanol–water partition coefficient (Wildman–Crippen LogP) is -1.86. The molecule has 0 aromatic rings. The standard InChI is InChI=1S/C3H5BrN.Li/c4-1-3-2-5-3;/h3H,1-2H2;/q-1;+1. The van der Waals surface area contributed by atoms with E-state index in [9.17, 15) is 0 Å². The van der Waals surface area contributed by atoms with E-state index in [1.54, 1.807) is 0 Å². The monoisotopic (exact) mass is 141 g/mol. The molecular formula is C3H5BrLiN. The second-order valence-electron chi connectivity index (χ2n) is 1.17. The minimum atomic E-state index is 0. The van der Waals surface area contributed by atoms with Crippen LogP contribution in [-0.2, 0) is 0 Å². The third kappa shape index (κ3) is 2.25. The van der Waals surface area contributed by atoms with Crippen molar-refractivity contribution in [2.24, 2.45) is 0 Å². The van der Waals surface area contributed by atoms with Crippen molar-refractivity contribution < 1.29 is 18.9 Å². The van der Waals surface area contributed by atoms with Gasteiger partial charge in [-0.1, -0.05) is 15.9 Å². The number of hydrogen-bond acceptors (Lipinski definition) is 0. The molecule has 0 radical (unpaired) electrons. The van der Waals surface area contributed by atoms with E-state index in [2.05, 4.69) is 21.2 Å². The molecule has 0 aromatic heterocycles. The first-order valence-corrected chi connectivity index (χ1v) is 2.78. The summed E-state index contributed by atoms with van der Waals surface area (Å²) in [4.78, 5) is 0. The zero-order valence-corrected chi connectivity index (χ0v) is 5.40. The Hall–Kier alpha value is 1.04. The summed E-state index contributed by atoms with van der Waals surface area (Å²) in [5, 5.41) is 5.04. The molecule has 0 amide bonds. The average Bonchev–Trinajstić information content (AvgIpc) is 2.12. The molecule has 0 bridgehead atoms. The smallest absolute Gasteiger partial charge is 0.661 e. The van der Waals surface area contributed by atoms with E-state index in [1.807, 2.05) is 0 Å². The van der Waals surface area contributed by atoms with Gasteiger partial charge in [0.05, 0.1) is 0 Å². The number of rotatable bonds is 1. The van der Waals surface area contributed by atoms with E-state index in [0.29, 0.717) is 6.04 Å². The van der Waals surface area contributed by atoms with Crippen LogP contribution in [0.3, 0.4) is 0 Å². The van der Waals surface area contributed by atoms with Gasteiger partial charge in [-0.3, -0.25) is 0 Å². The molecule has 6 heavy (non-hydrogen) atoms. The summed E-state index contributed by atoms with van der Waals surface area (Å²) in [6.07, 6.45) is 0. The van der Waals surface area contributed by atoms with Gasteiger partial charge in [-0.15, -0.1) is 6.04 Å². The summed E-state index contributed by atoms with van der Waals surface area (Å²) in [5.41, 5.74) is 0. The predicted molar refractivity (Wildman–Crippen MR) is 25.8 cm³/mol. The van der Waals surface area contributed by atoms with Gasteiger partial charge in [0.2, 0.25) is 0 Å². The van der Waals surface area contributed by atoms with Crippen LogP contribution in [-0.4, -0.2) is 17.9 Å². The molecule has 1 saturated heterocycles. The molecule has 0 aliphatic carbocycles. The number of nitrogens with zero attached hydrogens (tertiary/aromatic N) is 1. The maximum absolute atomic E-state index is 3.97. The van der Waals surface area contributed by atoms with Crippen molar-refractivity contribution in [1.29, 1.82) is 0 Å². The van der Waals surface area contributed by atoms with Gasteiger partial charge in [0, 0.05) is 0 Å². The van der Waals surface area contributed by atoms with E-state index in [0.717, 1.165) is 11.9 Å². The average molecular weight is 142 g/mol. The fourth-order valence-corrected chi connectivity index (χ4v) is 0.582. The van der Waals surface area contributed by atoms with Crippen molar-refractivity contribution in [2.45, 2.75) is 6.04 Å². The summed E-state index contributed by atoms with van der Waals surface area (Å²) < 4.78 is 0. The van der Waals surface area contributed by atoms with Gasteiger partial charge in [0.25, 0.3) is 0 Å². The molecule has 0 spiro atoms. The summed E-state index contributed by atoms with van der Waals surface area (Å²) in [7, 11) is 0. The minimum Gasteiger partial charge on any atom is -0.661 e. The summed E-state index contributed by atoms with van der Waals surface area (Å²) in [5.74, 6) is 0. The third-order valence-corrected chi connectivity index (χ3v) is 1.37. The quantitative estimate of drug-likeness (QED) is 0.231. The molecule has 1 rings (SSSR count). The molecule has 1 fully saturated rings. The van der Waals surface area contributed by atoms with Crippen LogP contribution < -0.4 is 18.9 Å². The minimum absolute atomic E-state index is 0. The Morgan fingerprint density at radius 3 is 2.33 bits per heavy atom. The van der Waals surface area contributed by atoms with E-state index < -0.39 is 0 Å². The van der Waals surface area contributed by atoms with Crippen LogP contribution in [0.1, 0.15) is 0 Å². The number of halogens is 1. The van der Waals surface area contributed by atoms with Crippen LogP contribution in [0.2, 0.25) is 0 Å². The largest absolute Gasteiger partial charge is 1.00 e. The molecule has 0 N–H and O–H groups in total. The second-order valence-corrected chi connectivity index (χ2v) is 1.82. The molecule has 1 unspecified atom stereocenters. The van der Waals surface area contributed by atoms with E-state index in [4.69, 9.17) is 0 Å². The fourth-order valence-electron chi connectivity index (χ4n) is 0.172. The molecule has 30 valence electrons. The van der Waals surface area contributed by atoms with Crippen molar-refractivity contribution in [3.05, 3.63) is 5.32 Å². The Morgan fingerprint density at radius 1 is 1.83 bits per heavy atom. The zero-order valence-electron chi connectivity index (χ0n) is 3.82. The molecule has 1 aliphatic heterocycles. The van der Waals surface area contributed by atoms with Gasteiger partial charge in [0.1, 0.15) is 0 Å². The van der Waals surface area contributed by atoms with Gasteiger partial charge in [-0.2, -0.15) is 6.54 Å². The number of hydrogen-bond donors (Lipinski definition) is 0. The molecule has 0 saturated carbocycles. The van der Waals surface area contributed by atoms with Crippen LogP contribution in [0.25, 0.3) is 5.32 Å². The molecule has 1 aliphatic rings. The molecule has 1 heterocycles. The first-order valence-electron chi connectivity index (χ1n) is 1.66. The Balaban J connectivity index is 0.000000250. The van der Waals surface area contributed by atoms with Crippen molar-refractivity contribution in [2.75, 3.05) is 11.9 Å². The van der Waals surface area contributed by atoms with Crippen LogP contribution in [0.5, 0.6) is 0 Å². The maximum atomic E-state index is 3.97. The first-order chi connectivity index (χ1) is 2.43. The Bertz CT molecular complexity index is 37.8. The van der Waals surface area contributed by atoms with E-state index >= 15 is 0 Å². The summed E-state index contributed by atoms with van der Waals surface area (Å²) in [6.45, 7) is 1.09. The molecule has 3 heteroatoms. The van der Waals surface area contributed by atoms with Crippen molar-refractivity contribution in [3.8, 4) is 0 Å². The first kappa shape index (κ1) is 7.04. The maximum Gasteiger partial charge on any atom is 1.00 e.